The third-order valence-electron chi connectivity index (χ3n) is 4.97. The fraction of sp³-hybridized carbons (Fsp3) is 0.722. The van der Waals surface area contributed by atoms with Gasteiger partial charge in [-0.05, 0) is 31.6 Å². The minimum atomic E-state index is -0.217. The molecule has 0 spiro atoms. The number of hydrogen-bond donors (Lipinski definition) is 2. The minimum absolute atomic E-state index is 0. The van der Waals surface area contributed by atoms with Crippen LogP contribution >= 0.6 is 24.0 Å². The first kappa shape index (κ1) is 22.7. The van der Waals surface area contributed by atoms with E-state index >= 15 is 0 Å². The molecule has 7 nitrogen and oxygen atoms in total. The lowest BCUT2D eigenvalue weighted by Gasteiger charge is -2.34. The van der Waals surface area contributed by atoms with Gasteiger partial charge in [0.05, 0.1) is 5.69 Å². The molecule has 0 aromatic carbocycles. The average Bonchev–Trinajstić information content (AvgIpc) is 2.90. The monoisotopic (exact) mass is 476 g/mol. The molecule has 1 fully saturated rings. The summed E-state index contributed by atoms with van der Waals surface area (Å²) in [5.41, 5.74) is 9.06. The fourth-order valence-corrected chi connectivity index (χ4v) is 3.80. The van der Waals surface area contributed by atoms with E-state index in [0.717, 1.165) is 57.0 Å². The lowest BCUT2D eigenvalue weighted by molar-refractivity contribution is -0.119. The highest BCUT2D eigenvalue weighted by molar-refractivity contribution is 14.0. The minimum Gasteiger partial charge on any atom is -0.370 e. The van der Waals surface area contributed by atoms with Crippen molar-refractivity contribution in [1.29, 1.82) is 0 Å². The Morgan fingerprint density at radius 2 is 2.12 bits per heavy atom. The number of aliphatic imine (C=N–C) groups is 1. The van der Waals surface area contributed by atoms with Crippen LogP contribution in [0.15, 0.2) is 4.99 Å². The Bertz CT molecular complexity index is 627. The maximum Gasteiger partial charge on any atom is 0.217 e. The van der Waals surface area contributed by atoms with Crippen LogP contribution in [-0.4, -0.2) is 46.7 Å². The smallest absolute Gasteiger partial charge is 0.217 e. The zero-order valence-electron chi connectivity index (χ0n) is 16.4. The number of amides is 1. The van der Waals surface area contributed by atoms with Gasteiger partial charge in [-0.1, -0.05) is 13.8 Å². The lowest BCUT2D eigenvalue weighted by Crippen LogP contribution is -2.47. The van der Waals surface area contributed by atoms with Crippen LogP contribution in [0.1, 0.15) is 50.1 Å². The van der Waals surface area contributed by atoms with Gasteiger partial charge in [-0.3, -0.25) is 14.5 Å². The Morgan fingerprint density at radius 1 is 1.38 bits per heavy atom. The highest BCUT2D eigenvalue weighted by atomic mass is 127. The third-order valence-corrected chi connectivity index (χ3v) is 4.97. The van der Waals surface area contributed by atoms with Gasteiger partial charge in [-0.2, -0.15) is 5.10 Å². The Balaban J connectivity index is 0.00000338. The van der Waals surface area contributed by atoms with E-state index in [0.29, 0.717) is 12.3 Å². The number of nitrogens with two attached hydrogens (primary N) is 1. The molecule has 0 aliphatic carbocycles. The van der Waals surface area contributed by atoms with Gasteiger partial charge in [-0.15, -0.1) is 24.0 Å². The Hall–Kier alpha value is -1.32. The van der Waals surface area contributed by atoms with Crippen LogP contribution in [0.4, 0.5) is 0 Å². The van der Waals surface area contributed by atoms with Gasteiger partial charge in [0, 0.05) is 51.4 Å². The number of aromatic nitrogens is 2. The second-order valence-electron chi connectivity index (χ2n) is 6.73. The molecule has 1 aliphatic heterocycles. The van der Waals surface area contributed by atoms with E-state index < -0.39 is 0 Å². The maximum atomic E-state index is 11.2. The molecule has 1 atom stereocenters. The van der Waals surface area contributed by atoms with Gasteiger partial charge in [-0.25, -0.2) is 0 Å². The Kier molecular flexibility index (Phi) is 9.38. The summed E-state index contributed by atoms with van der Waals surface area (Å²) in [6.07, 6.45) is 4.46. The van der Waals surface area contributed by atoms with Crippen LogP contribution in [0.2, 0.25) is 0 Å². The zero-order chi connectivity index (χ0) is 18.4. The number of aryl methyl sites for hydroxylation is 2. The van der Waals surface area contributed by atoms with Crippen molar-refractivity contribution in [1.82, 2.24) is 20.0 Å². The van der Waals surface area contributed by atoms with Crippen LogP contribution in [-0.2, 0) is 31.2 Å². The van der Waals surface area contributed by atoms with Crippen LogP contribution in [0.5, 0.6) is 0 Å². The van der Waals surface area contributed by atoms with Gasteiger partial charge in [0.25, 0.3) is 0 Å². The van der Waals surface area contributed by atoms with Crippen molar-refractivity contribution in [2.45, 2.75) is 52.5 Å². The van der Waals surface area contributed by atoms with Crippen LogP contribution in [0.25, 0.3) is 0 Å². The first-order chi connectivity index (χ1) is 12.0. The summed E-state index contributed by atoms with van der Waals surface area (Å²) in [6, 6.07) is 0. The van der Waals surface area contributed by atoms with Crippen molar-refractivity contribution in [3.8, 4) is 0 Å². The summed E-state index contributed by atoms with van der Waals surface area (Å²) >= 11 is 0. The molecule has 26 heavy (non-hydrogen) atoms. The molecule has 1 amide bonds. The standard InChI is InChI=1S/C18H32N6O.HI/c1-5-15-14(16(6-2)23(4)22-15)11-21-18(20-3)24-9-7-8-13(12-24)10-17(19)25;/h13H,5-12H2,1-4H3,(H2,19,25)(H,20,21);1H. The molecular formula is C18H33IN6O. The molecule has 1 aliphatic rings. The summed E-state index contributed by atoms with van der Waals surface area (Å²) in [5.74, 6) is 0.994. The quantitative estimate of drug-likeness (QED) is 0.373. The summed E-state index contributed by atoms with van der Waals surface area (Å²) < 4.78 is 1.99. The second kappa shape index (κ2) is 10.7. The number of likely N-dealkylation sites (tertiary alicyclic amines) is 1. The van der Waals surface area contributed by atoms with E-state index in [1.807, 2.05) is 18.8 Å². The third kappa shape index (κ3) is 5.59. The number of halogens is 1. The topological polar surface area (TPSA) is 88.5 Å². The molecule has 8 heteroatoms. The van der Waals surface area contributed by atoms with Crippen molar-refractivity contribution in [2.24, 2.45) is 23.7 Å². The molecule has 1 saturated heterocycles. The maximum absolute atomic E-state index is 11.2. The SMILES string of the molecule is CCc1nn(C)c(CC)c1CNC(=NC)N1CCCC(CC(N)=O)C1.I. The number of hydrogen-bond acceptors (Lipinski definition) is 3. The number of carbonyl (C=O) groups is 1. The van der Waals surface area contributed by atoms with Gasteiger partial charge < -0.3 is 16.0 Å². The number of primary amides is 1. The number of guanidine groups is 1. The number of piperidine rings is 1. The van der Waals surface area contributed by atoms with Crippen molar-refractivity contribution < 1.29 is 4.79 Å². The van der Waals surface area contributed by atoms with Gasteiger partial charge in [0.2, 0.25) is 5.91 Å². The lowest BCUT2D eigenvalue weighted by atomic mass is 9.95. The summed E-state index contributed by atoms with van der Waals surface area (Å²) in [7, 11) is 3.82. The van der Waals surface area contributed by atoms with Gasteiger partial charge >= 0.3 is 0 Å². The number of nitrogens with zero attached hydrogens (tertiary/aromatic N) is 4. The first-order valence-corrected chi connectivity index (χ1v) is 9.27. The molecule has 3 N–H and O–H groups in total. The summed E-state index contributed by atoms with van der Waals surface area (Å²) in [4.78, 5) is 17.9. The molecule has 1 aromatic rings. The van der Waals surface area contributed by atoms with Crippen LogP contribution in [0, 0.1) is 5.92 Å². The zero-order valence-corrected chi connectivity index (χ0v) is 18.7. The van der Waals surface area contributed by atoms with Crippen LogP contribution < -0.4 is 11.1 Å². The number of rotatable bonds is 6. The summed E-state index contributed by atoms with van der Waals surface area (Å²) in [6.45, 7) is 6.82. The van der Waals surface area contributed by atoms with E-state index in [1.165, 1.54) is 11.3 Å². The molecule has 1 aromatic heterocycles. The van der Waals surface area contributed by atoms with E-state index in [1.54, 1.807) is 0 Å². The Labute approximate surface area is 173 Å². The second-order valence-corrected chi connectivity index (χ2v) is 6.73. The molecular weight excluding hydrogens is 443 g/mol. The molecule has 2 heterocycles. The van der Waals surface area contributed by atoms with E-state index in [4.69, 9.17) is 5.73 Å². The average molecular weight is 476 g/mol. The van der Waals surface area contributed by atoms with E-state index in [9.17, 15) is 4.79 Å². The van der Waals surface area contributed by atoms with E-state index in [-0.39, 0.29) is 29.9 Å². The largest absolute Gasteiger partial charge is 0.370 e. The van der Waals surface area contributed by atoms with Crippen molar-refractivity contribution >= 4 is 35.8 Å². The van der Waals surface area contributed by atoms with Crippen molar-refractivity contribution in [2.75, 3.05) is 20.1 Å². The summed E-state index contributed by atoms with van der Waals surface area (Å²) in [5, 5.41) is 8.13. The predicted molar refractivity (Wildman–Crippen MR) is 116 cm³/mol. The number of carbonyl (C=O) groups excluding carboxylic acids is 1. The van der Waals surface area contributed by atoms with Crippen molar-refractivity contribution in [3.05, 3.63) is 17.0 Å². The Morgan fingerprint density at radius 3 is 2.69 bits per heavy atom. The molecule has 2 rings (SSSR count). The highest BCUT2D eigenvalue weighted by Gasteiger charge is 2.24. The predicted octanol–water partition coefficient (Wildman–Crippen LogP) is 1.83. The molecule has 148 valence electrons. The number of nitrogens with one attached hydrogen (secondary N) is 1. The molecule has 0 saturated carbocycles. The van der Waals surface area contributed by atoms with Gasteiger partial charge in [0.15, 0.2) is 5.96 Å². The van der Waals surface area contributed by atoms with Crippen molar-refractivity contribution in [3.63, 3.8) is 0 Å². The molecule has 0 bridgehead atoms. The van der Waals surface area contributed by atoms with E-state index in [2.05, 4.69) is 34.2 Å². The molecule has 0 radical (unpaired) electrons. The fourth-order valence-electron chi connectivity index (χ4n) is 3.80. The first-order valence-electron chi connectivity index (χ1n) is 9.27. The van der Waals surface area contributed by atoms with Crippen LogP contribution in [0.3, 0.4) is 0 Å². The highest BCUT2D eigenvalue weighted by Crippen LogP contribution is 2.20. The normalized spacial score (nSPS) is 17.8. The van der Waals surface area contributed by atoms with Gasteiger partial charge in [0.1, 0.15) is 0 Å². The molecule has 1 unspecified atom stereocenters.